The number of rotatable bonds is 8. The molecular weight excluding hydrogens is 476 g/mol. The van der Waals surface area contributed by atoms with Crippen molar-refractivity contribution < 1.29 is 22.3 Å². The molecule has 5 heteroatoms. The van der Waals surface area contributed by atoms with Crippen LogP contribution < -0.4 is 0 Å². The van der Waals surface area contributed by atoms with Gasteiger partial charge in [0.25, 0.3) is 0 Å². The number of allylic oxidation sites excluding steroid dienone is 2. The SMILES string of the molecule is CCCCCC1CCC(C2CC=C(c3cc4c(c(F)c3F)-c3c(cc(CCC)c(F)c3F)C4)CC2)OC1. The van der Waals surface area contributed by atoms with Gasteiger partial charge in [0.05, 0.1) is 6.10 Å². The normalized spacial score (nSPS) is 23.1. The second-order valence-electron chi connectivity index (χ2n) is 11.3. The molecule has 2 aromatic rings. The molecule has 2 aliphatic carbocycles. The molecule has 37 heavy (non-hydrogen) atoms. The maximum absolute atomic E-state index is 15.4. The topological polar surface area (TPSA) is 9.23 Å². The molecule has 200 valence electrons. The number of hydrogen-bond donors (Lipinski definition) is 0. The average Bonchev–Trinajstić information content (AvgIpc) is 3.28. The number of aryl methyl sites for hydroxylation is 1. The molecule has 5 rings (SSSR count). The summed E-state index contributed by atoms with van der Waals surface area (Å²) in [6.07, 6.45) is 13.3. The Kier molecular flexibility index (Phi) is 8.09. The third-order valence-electron chi connectivity index (χ3n) is 8.75. The molecule has 0 saturated carbocycles. The van der Waals surface area contributed by atoms with E-state index >= 15 is 8.78 Å². The summed E-state index contributed by atoms with van der Waals surface area (Å²) in [5.74, 6) is -2.97. The van der Waals surface area contributed by atoms with E-state index in [1.54, 1.807) is 12.1 Å². The molecule has 0 aromatic heterocycles. The number of ether oxygens (including phenoxy) is 1. The van der Waals surface area contributed by atoms with Gasteiger partial charge in [-0.2, -0.15) is 0 Å². The van der Waals surface area contributed by atoms with E-state index in [2.05, 4.69) is 6.92 Å². The minimum atomic E-state index is -1.07. The van der Waals surface area contributed by atoms with Crippen LogP contribution >= 0.6 is 0 Å². The maximum Gasteiger partial charge on any atom is 0.167 e. The Balaban J connectivity index is 1.31. The number of hydrogen-bond acceptors (Lipinski definition) is 1. The molecule has 1 heterocycles. The van der Waals surface area contributed by atoms with Crippen LogP contribution in [0.4, 0.5) is 17.6 Å². The Morgan fingerprint density at radius 1 is 0.838 bits per heavy atom. The highest BCUT2D eigenvalue weighted by Gasteiger charge is 2.34. The molecule has 0 radical (unpaired) electrons. The summed E-state index contributed by atoms with van der Waals surface area (Å²) < 4.78 is 66.5. The van der Waals surface area contributed by atoms with E-state index in [4.69, 9.17) is 4.74 Å². The molecule has 1 saturated heterocycles. The molecule has 2 aromatic carbocycles. The van der Waals surface area contributed by atoms with E-state index in [1.807, 2.05) is 13.0 Å². The van der Waals surface area contributed by atoms with Gasteiger partial charge in [-0.15, -0.1) is 0 Å². The van der Waals surface area contributed by atoms with E-state index in [0.29, 0.717) is 47.8 Å². The molecule has 3 atom stereocenters. The predicted octanol–water partition coefficient (Wildman–Crippen LogP) is 9.33. The van der Waals surface area contributed by atoms with Gasteiger partial charge in [-0.1, -0.05) is 51.7 Å². The number of benzene rings is 2. The molecule has 3 aliphatic rings. The van der Waals surface area contributed by atoms with Crippen molar-refractivity contribution in [2.75, 3.05) is 6.61 Å². The van der Waals surface area contributed by atoms with Crippen molar-refractivity contribution in [3.05, 3.63) is 63.7 Å². The highest BCUT2D eigenvalue weighted by Crippen LogP contribution is 2.45. The monoisotopic (exact) mass is 514 g/mol. The van der Waals surface area contributed by atoms with Gasteiger partial charge in [0, 0.05) is 23.3 Å². The lowest BCUT2D eigenvalue weighted by Gasteiger charge is -2.35. The molecular formula is C32H38F4O. The summed E-state index contributed by atoms with van der Waals surface area (Å²) in [7, 11) is 0. The van der Waals surface area contributed by atoms with Crippen molar-refractivity contribution in [3.63, 3.8) is 0 Å². The van der Waals surface area contributed by atoms with Crippen molar-refractivity contribution in [2.45, 2.75) is 97.0 Å². The fraction of sp³-hybridized carbons (Fsp3) is 0.562. The van der Waals surface area contributed by atoms with Gasteiger partial charge >= 0.3 is 0 Å². The fourth-order valence-electron chi connectivity index (χ4n) is 6.67. The lowest BCUT2D eigenvalue weighted by Crippen LogP contribution is -2.32. The maximum atomic E-state index is 15.4. The Morgan fingerprint density at radius 3 is 2.24 bits per heavy atom. The van der Waals surface area contributed by atoms with Crippen LogP contribution in [0.25, 0.3) is 16.7 Å². The van der Waals surface area contributed by atoms with Crippen LogP contribution in [0, 0.1) is 35.1 Å². The summed E-state index contributed by atoms with van der Waals surface area (Å²) in [4.78, 5) is 0. The van der Waals surface area contributed by atoms with E-state index in [9.17, 15) is 8.78 Å². The quantitative estimate of drug-likeness (QED) is 0.215. The van der Waals surface area contributed by atoms with Crippen LogP contribution in [0.1, 0.15) is 100 Å². The molecule has 1 nitrogen and oxygen atoms in total. The Bertz CT molecular complexity index is 1180. The van der Waals surface area contributed by atoms with Gasteiger partial charge in [0.1, 0.15) is 0 Å². The average molecular weight is 515 g/mol. The first-order chi connectivity index (χ1) is 17.9. The predicted molar refractivity (Wildman–Crippen MR) is 140 cm³/mol. The van der Waals surface area contributed by atoms with Crippen molar-refractivity contribution in [3.8, 4) is 11.1 Å². The molecule has 1 fully saturated rings. The van der Waals surface area contributed by atoms with E-state index in [0.717, 1.165) is 31.4 Å². The third-order valence-corrected chi connectivity index (χ3v) is 8.75. The van der Waals surface area contributed by atoms with Crippen molar-refractivity contribution in [2.24, 2.45) is 11.8 Å². The zero-order valence-corrected chi connectivity index (χ0v) is 22.1. The molecule has 0 amide bonds. The Morgan fingerprint density at radius 2 is 1.59 bits per heavy atom. The zero-order chi connectivity index (χ0) is 26.1. The van der Waals surface area contributed by atoms with Gasteiger partial charge in [-0.05, 0) is 91.5 Å². The summed E-state index contributed by atoms with van der Waals surface area (Å²) in [6.45, 7) is 4.96. The van der Waals surface area contributed by atoms with Crippen molar-refractivity contribution in [1.29, 1.82) is 0 Å². The van der Waals surface area contributed by atoms with Crippen LogP contribution in [-0.4, -0.2) is 12.7 Å². The van der Waals surface area contributed by atoms with Gasteiger partial charge in [0.15, 0.2) is 23.3 Å². The number of halogens is 4. The minimum absolute atomic E-state index is 0.115. The Labute approximate surface area is 218 Å². The molecule has 0 N–H and O–H groups in total. The van der Waals surface area contributed by atoms with Crippen LogP contribution in [0.15, 0.2) is 18.2 Å². The highest BCUT2D eigenvalue weighted by molar-refractivity contribution is 5.81. The lowest BCUT2D eigenvalue weighted by molar-refractivity contribution is -0.0507. The smallest absolute Gasteiger partial charge is 0.167 e. The van der Waals surface area contributed by atoms with Gasteiger partial charge < -0.3 is 4.74 Å². The fourth-order valence-corrected chi connectivity index (χ4v) is 6.67. The molecule has 0 bridgehead atoms. The van der Waals surface area contributed by atoms with Gasteiger partial charge in [-0.25, -0.2) is 17.6 Å². The van der Waals surface area contributed by atoms with Crippen molar-refractivity contribution >= 4 is 5.57 Å². The van der Waals surface area contributed by atoms with Crippen LogP contribution in [-0.2, 0) is 17.6 Å². The summed E-state index contributed by atoms with van der Waals surface area (Å²) in [6, 6.07) is 3.28. The van der Waals surface area contributed by atoms with Crippen molar-refractivity contribution in [1.82, 2.24) is 0 Å². The second-order valence-corrected chi connectivity index (χ2v) is 11.3. The number of fused-ring (bicyclic) bond motifs is 3. The van der Waals surface area contributed by atoms with Gasteiger partial charge in [0.2, 0.25) is 0 Å². The van der Waals surface area contributed by atoms with Gasteiger partial charge in [-0.3, -0.25) is 0 Å². The molecule has 0 spiro atoms. The van der Waals surface area contributed by atoms with E-state index in [-0.39, 0.29) is 29.2 Å². The second kappa shape index (κ2) is 11.3. The largest absolute Gasteiger partial charge is 0.378 e. The zero-order valence-electron chi connectivity index (χ0n) is 22.1. The molecule has 3 unspecified atom stereocenters. The standard InChI is InChI=1S/C32H38F4O/c1-3-5-6-8-19-9-14-26(37-18-19)21-12-10-20(11-13-21)25-17-24-16-23-15-22(7-4-2)29(33)31(35)27(23)28(24)32(36)30(25)34/h10,15,17,19,21,26H,3-9,11-14,16,18H2,1-2H3. The van der Waals surface area contributed by atoms with Crippen LogP contribution in [0.2, 0.25) is 0 Å². The third kappa shape index (κ3) is 5.13. The van der Waals surface area contributed by atoms with Crippen LogP contribution in [0.3, 0.4) is 0 Å². The van der Waals surface area contributed by atoms with Crippen LogP contribution in [0.5, 0.6) is 0 Å². The number of unbranched alkanes of at least 4 members (excludes halogenated alkanes) is 2. The highest BCUT2D eigenvalue weighted by atomic mass is 19.2. The molecule has 1 aliphatic heterocycles. The van der Waals surface area contributed by atoms with E-state index in [1.165, 1.54) is 32.1 Å². The first kappa shape index (κ1) is 26.5. The van der Waals surface area contributed by atoms with E-state index < -0.39 is 23.3 Å². The lowest BCUT2D eigenvalue weighted by atomic mass is 9.79. The first-order valence-corrected chi connectivity index (χ1v) is 14.2. The Hall–Kier alpha value is -2.14. The minimum Gasteiger partial charge on any atom is -0.378 e. The summed E-state index contributed by atoms with van der Waals surface area (Å²) in [5, 5.41) is 0. The first-order valence-electron chi connectivity index (χ1n) is 14.2. The summed E-state index contributed by atoms with van der Waals surface area (Å²) in [5.41, 5.74) is 2.20. The summed E-state index contributed by atoms with van der Waals surface area (Å²) >= 11 is 0.